The molecule has 21 heavy (non-hydrogen) atoms. The molecule has 0 heterocycles. The number of hydrogen-bond donors (Lipinski definition) is 2. The van der Waals surface area contributed by atoms with Gasteiger partial charge in [-0.1, -0.05) is 31.0 Å². The van der Waals surface area contributed by atoms with Crippen LogP contribution in [0.1, 0.15) is 25.7 Å². The Morgan fingerprint density at radius 1 is 1.05 bits per heavy atom. The Morgan fingerprint density at radius 2 is 1.71 bits per heavy atom. The molecular formula is C16H20N2O3. The van der Waals surface area contributed by atoms with Crippen LogP contribution in [-0.2, 0) is 9.59 Å². The summed E-state index contributed by atoms with van der Waals surface area (Å²) in [6, 6.07) is 9.11. The summed E-state index contributed by atoms with van der Waals surface area (Å²) in [7, 11) is 0. The number of benzene rings is 1. The molecule has 0 unspecified atom stereocenters. The fourth-order valence-electron chi connectivity index (χ4n) is 3.30. The number of fused-ring (bicyclic) bond motifs is 1. The van der Waals surface area contributed by atoms with Crippen LogP contribution >= 0.6 is 0 Å². The van der Waals surface area contributed by atoms with E-state index in [4.69, 9.17) is 4.74 Å². The number of para-hydroxylation sites is 1. The SMILES string of the molecule is O=C(COc1ccccc1)NNC(=O)C1[C@@H]2CCCC[C@@H]12. The molecule has 2 saturated carbocycles. The number of nitrogens with one attached hydrogen (secondary N) is 2. The van der Waals surface area contributed by atoms with Crippen molar-refractivity contribution in [2.45, 2.75) is 25.7 Å². The Kier molecular flexibility index (Phi) is 4.08. The summed E-state index contributed by atoms with van der Waals surface area (Å²) in [5.41, 5.74) is 4.94. The average Bonchev–Trinajstić information content (AvgIpc) is 3.26. The number of hydrazine groups is 1. The monoisotopic (exact) mass is 288 g/mol. The average molecular weight is 288 g/mol. The summed E-state index contributed by atoms with van der Waals surface area (Å²) in [4.78, 5) is 23.6. The van der Waals surface area contributed by atoms with Crippen LogP contribution in [0.25, 0.3) is 0 Å². The smallest absolute Gasteiger partial charge is 0.276 e. The van der Waals surface area contributed by atoms with E-state index in [1.165, 1.54) is 12.8 Å². The molecule has 112 valence electrons. The number of rotatable bonds is 4. The van der Waals surface area contributed by atoms with Crippen LogP contribution in [0.15, 0.2) is 30.3 Å². The van der Waals surface area contributed by atoms with Gasteiger partial charge >= 0.3 is 0 Å². The highest BCUT2D eigenvalue weighted by Crippen LogP contribution is 2.55. The third-order valence-corrected chi connectivity index (χ3v) is 4.40. The molecule has 0 aromatic heterocycles. The van der Waals surface area contributed by atoms with Crippen LogP contribution in [0.3, 0.4) is 0 Å². The predicted molar refractivity (Wildman–Crippen MR) is 77.2 cm³/mol. The lowest BCUT2D eigenvalue weighted by Gasteiger charge is -2.08. The summed E-state index contributed by atoms with van der Waals surface area (Å²) in [5, 5.41) is 0. The molecule has 0 bridgehead atoms. The van der Waals surface area contributed by atoms with Crippen molar-refractivity contribution < 1.29 is 14.3 Å². The van der Waals surface area contributed by atoms with Crippen molar-refractivity contribution in [1.29, 1.82) is 0 Å². The largest absolute Gasteiger partial charge is 0.484 e. The lowest BCUT2D eigenvalue weighted by atomic mass is 10.0. The van der Waals surface area contributed by atoms with Crippen molar-refractivity contribution in [2.75, 3.05) is 6.61 Å². The number of amides is 2. The lowest BCUT2D eigenvalue weighted by Crippen LogP contribution is -2.44. The molecule has 1 aromatic rings. The molecule has 2 fully saturated rings. The maximum Gasteiger partial charge on any atom is 0.276 e. The highest BCUT2D eigenvalue weighted by atomic mass is 16.5. The van der Waals surface area contributed by atoms with E-state index in [2.05, 4.69) is 10.9 Å². The number of ether oxygens (including phenoxy) is 1. The van der Waals surface area contributed by atoms with E-state index < -0.39 is 0 Å². The fourth-order valence-corrected chi connectivity index (χ4v) is 3.30. The van der Waals surface area contributed by atoms with E-state index in [-0.39, 0.29) is 24.3 Å². The lowest BCUT2D eigenvalue weighted by molar-refractivity contribution is -0.130. The molecule has 2 aliphatic rings. The third kappa shape index (κ3) is 3.35. The first-order chi connectivity index (χ1) is 10.3. The first-order valence-electron chi connectivity index (χ1n) is 7.52. The van der Waals surface area contributed by atoms with Gasteiger partial charge in [-0.3, -0.25) is 20.4 Å². The maximum absolute atomic E-state index is 12.0. The molecular weight excluding hydrogens is 268 g/mol. The van der Waals surface area contributed by atoms with Crippen LogP contribution in [0, 0.1) is 17.8 Å². The summed E-state index contributed by atoms with van der Waals surface area (Å²) >= 11 is 0. The molecule has 0 aliphatic heterocycles. The van der Waals surface area contributed by atoms with Crippen molar-refractivity contribution in [3.8, 4) is 5.75 Å². The van der Waals surface area contributed by atoms with Crippen molar-refractivity contribution >= 4 is 11.8 Å². The van der Waals surface area contributed by atoms with Crippen molar-refractivity contribution in [1.82, 2.24) is 10.9 Å². The second-order valence-corrected chi connectivity index (χ2v) is 5.78. The molecule has 0 radical (unpaired) electrons. The van der Waals surface area contributed by atoms with Crippen LogP contribution in [0.4, 0.5) is 0 Å². The minimum absolute atomic E-state index is 0.0556. The number of hydrogen-bond acceptors (Lipinski definition) is 3. The number of carbonyl (C=O) groups excluding carboxylic acids is 2. The Hall–Kier alpha value is -2.04. The topological polar surface area (TPSA) is 67.4 Å². The molecule has 3 rings (SSSR count). The summed E-state index contributed by atoms with van der Waals surface area (Å²) < 4.78 is 5.31. The number of carbonyl (C=O) groups is 2. The Labute approximate surface area is 124 Å². The zero-order chi connectivity index (χ0) is 14.7. The third-order valence-electron chi connectivity index (χ3n) is 4.40. The van der Waals surface area contributed by atoms with Gasteiger partial charge < -0.3 is 4.74 Å². The summed E-state index contributed by atoms with van der Waals surface area (Å²) in [6.07, 6.45) is 4.74. The normalized spacial score (nSPS) is 26.4. The van der Waals surface area contributed by atoms with Crippen LogP contribution < -0.4 is 15.6 Å². The van der Waals surface area contributed by atoms with E-state index in [0.717, 1.165) is 12.8 Å². The van der Waals surface area contributed by atoms with E-state index in [1.54, 1.807) is 12.1 Å². The van der Waals surface area contributed by atoms with Gasteiger partial charge in [0.05, 0.1) is 0 Å². The first-order valence-corrected chi connectivity index (χ1v) is 7.52. The van der Waals surface area contributed by atoms with E-state index in [0.29, 0.717) is 17.6 Å². The quantitative estimate of drug-likeness (QED) is 0.828. The molecule has 2 atom stereocenters. The standard InChI is InChI=1S/C16H20N2O3/c19-14(10-21-11-6-2-1-3-7-11)17-18-16(20)15-12-8-4-5-9-13(12)15/h1-3,6-7,12-13,15H,4-5,8-10H2,(H,17,19)(H,18,20)/t12-,13-/m1/s1. The summed E-state index contributed by atoms with van der Waals surface area (Å²) in [5.74, 6) is 1.40. The van der Waals surface area contributed by atoms with Gasteiger partial charge in [0.1, 0.15) is 5.75 Å². The van der Waals surface area contributed by atoms with Gasteiger partial charge in [-0.15, -0.1) is 0 Å². The van der Waals surface area contributed by atoms with E-state index >= 15 is 0 Å². The van der Waals surface area contributed by atoms with Gasteiger partial charge in [0.25, 0.3) is 5.91 Å². The fraction of sp³-hybridized carbons (Fsp3) is 0.500. The van der Waals surface area contributed by atoms with Gasteiger partial charge in [0.15, 0.2) is 6.61 Å². The molecule has 0 spiro atoms. The van der Waals surface area contributed by atoms with Gasteiger partial charge in [0, 0.05) is 5.92 Å². The van der Waals surface area contributed by atoms with E-state index in [1.807, 2.05) is 18.2 Å². The summed E-state index contributed by atoms with van der Waals surface area (Å²) in [6.45, 7) is -0.109. The van der Waals surface area contributed by atoms with Crippen molar-refractivity contribution in [3.05, 3.63) is 30.3 Å². The zero-order valence-electron chi connectivity index (χ0n) is 11.9. The highest BCUT2D eigenvalue weighted by Gasteiger charge is 2.54. The maximum atomic E-state index is 12.0. The second kappa shape index (κ2) is 6.16. The van der Waals surface area contributed by atoms with Crippen LogP contribution in [0.5, 0.6) is 5.75 Å². The second-order valence-electron chi connectivity index (χ2n) is 5.78. The minimum Gasteiger partial charge on any atom is -0.484 e. The molecule has 0 saturated heterocycles. The Balaban J connectivity index is 1.37. The molecule has 2 amide bonds. The van der Waals surface area contributed by atoms with Crippen molar-refractivity contribution in [3.63, 3.8) is 0 Å². The highest BCUT2D eigenvalue weighted by molar-refractivity contribution is 5.86. The van der Waals surface area contributed by atoms with Gasteiger partial charge in [-0.25, -0.2) is 0 Å². The van der Waals surface area contributed by atoms with Crippen LogP contribution in [0.2, 0.25) is 0 Å². The van der Waals surface area contributed by atoms with Gasteiger partial charge in [-0.05, 0) is 36.8 Å². The molecule has 1 aromatic carbocycles. The van der Waals surface area contributed by atoms with Crippen LogP contribution in [-0.4, -0.2) is 18.4 Å². The zero-order valence-corrected chi connectivity index (χ0v) is 11.9. The minimum atomic E-state index is -0.351. The Bertz CT molecular complexity index is 506. The van der Waals surface area contributed by atoms with Crippen molar-refractivity contribution in [2.24, 2.45) is 17.8 Å². The molecule has 5 heteroatoms. The van der Waals surface area contributed by atoms with E-state index in [9.17, 15) is 9.59 Å². The molecule has 2 aliphatic carbocycles. The Morgan fingerprint density at radius 3 is 2.38 bits per heavy atom. The predicted octanol–water partition coefficient (Wildman–Crippen LogP) is 1.65. The molecule has 5 nitrogen and oxygen atoms in total. The van der Waals surface area contributed by atoms with Gasteiger partial charge in [-0.2, -0.15) is 0 Å². The van der Waals surface area contributed by atoms with Gasteiger partial charge in [0.2, 0.25) is 5.91 Å². The molecule has 2 N–H and O–H groups in total. The first kappa shape index (κ1) is 13.9.